The van der Waals surface area contributed by atoms with Gasteiger partial charge in [-0.05, 0) is 24.8 Å². The summed E-state index contributed by atoms with van der Waals surface area (Å²) >= 11 is 0. The molecule has 38 valence electrons. The molecular weight excluding hydrogens is 86.1 g/mol. The first-order chi connectivity index (χ1) is 3.43. The molecule has 1 nitrogen and oxygen atoms in total. The summed E-state index contributed by atoms with van der Waals surface area (Å²) in [7, 11) is 0. The zero-order valence-corrected chi connectivity index (χ0v) is 4.22. The zero-order chi connectivity index (χ0) is 5.11. The molecule has 0 unspecified atom stereocenters. The van der Waals surface area contributed by atoms with E-state index in [2.05, 4.69) is 5.73 Å². The van der Waals surface area contributed by atoms with Crippen molar-refractivity contribution in [3.05, 3.63) is 18.0 Å². The summed E-state index contributed by atoms with van der Waals surface area (Å²) in [6.07, 6.45) is 6.15. The highest BCUT2D eigenvalue weighted by Crippen LogP contribution is 2.29. The average Bonchev–Trinajstić information content (AvgIpc) is 2.42. The fourth-order valence-electron chi connectivity index (χ4n) is 0.455. The molecule has 1 aliphatic carbocycles. The molecular formula is C6H9N. The van der Waals surface area contributed by atoms with Crippen LogP contribution in [0.15, 0.2) is 18.0 Å². The van der Waals surface area contributed by atoms with E-state index in [1.54, 1.807) is 0 Å². The lowest BCUT2D eigenvalue weighted by Gasteiger charge is -1.66. The van der Waals surface area contributed by atoms with Gasteiger partial charge in [-0.1, -0.05) is 0 Å². The molecule has 0 aromatic heterocycles. The number of nitrogens with two attached hydrogens (primary N) is 1. The molecule has 1 saturated carbocycles. The standard InChI is InChI=1S/C6H9N/c7-5-1-2-6-3-4-6/h2,5-6H,3-4,7H2. The highest BCUT2D eigenvalue weighted by atomic mass is 14.5. The second kappa shape index (κ2) is 1.85. The van der Waals surface area contributed by atoms with Gasteiger partial charge < -0.3 is 5.73 Å². The van der Waals surface area contributed by atoms with Gasteiger partial charge in [-0.2, -0.15) is 0 Å². The molecule has 0 saturated heterocycles. The Kier molecular flexibility index (Phi) is 1.19. The summed E-state index contributed by atoms with van der Waals surface area (Å²) in [6, 6.07) is 0. The van der Waals surface area contributed by atoms with Crippen LogP contribution in [0.3, 0.4) is 0 Å². The first-order valence-electron chi connectivity index (χ1n) is 2.56. The number of allylic oxidation sites excluding steroid dienone is 1. The van der Waals surface area contributed by atoms with Crippen molar-refractivity contribution in [3.63, 3.8) is 0 Å². The quantitative estimate of drug-likeness (QED) is 0.483. The minimum Gasteiger partial charge on any atom is -0.398 e. The summed E-state index contributed by atoms with van der Waals surface area (Å²) < 4.78 is 0. The monoisotopic (exact) mass is 95.1 g/mol. The van der Waals surface area contributed by atoms with E-state index < -0.39 is 0 Å². The van der Waals surface area contributed by atoms with Crippen molar-refractivity contribution in [1.29, 1.82) is 0 Å². The van der Waals surface area contributed by atoms with Gasteiger partial charge in [0.2, 0.25) is 0 Å². The van der Waals surface area contributed by atoms with Crippen molar-refractivity contribution in [1.82, 2.24) is 0 Å². The normalized spacial score (nSPS) is 17.7. The lowest BCUT2D eigenvalue weighted by Crippen LogP contribution is -1.70. The van der Waals surface area contributed by atoms with E-state index in [0.717, 1.165) is 5.92 Å². The van der Waals surface area contributed by atoms with Gasteiger partial charge in [0.1, 0.15) is 0 Å². The summed E-state index contributed by atoms with van der Waals surface area (Å²) in [5, 5.41) is 0. The molecule has 0 aromatic carbocycles. The second-order valence-corrected chi connectivity index (χ2v) is 1.84. The predicted octanol–water partition coefficient (Wildman–Crippen LogP) is 1.02. The van der Waals surface area contributed by atoms with Crippen molar-refractivity contribution in [3.8, 4) is 0 Å². The van der Waals surface area contributed by atoms with Gasteiger partial charge in [0, 0.05) is 6.20 Å². The van der Waals surface area contributed by atoms with E-state index in [1.807, 2.05) is 6.08 Å². The van der Waals surface area contributed by atoms with Crippen LogP contribution in [-0.4, -0.2) is 0 Å². The van der Waals surface area contributed by atoms with Gasteiger partial charge in [0.05, 0.1) is 0 Å². The van der Waals surface area contributed by atoms with E-state index in [0.29, 0.717) is 0 Å². The Bertz CT molecular complexity index is 105. The maximum absolute atomic E-state index is 5.04. The summed E-state index contributed by atoms with van der Waals surface area (Å²) in [5.41, 5.74) is 7.88. The van der Waals surface area contributed by atoms with Gasteiger partial charge in [-0.15, -0.1) is 5.73 Å². The van der Waals surface area contributed by atoms with Crippen LogP contribution in [0.5, 0.6) is 0 Å². The number of hydrogen-bond acceptors (Lipinski definition) is 1. The zero-order valence-electron chi connectivity index (χ0n) is 4.22. The summed E-state index contributed by atoms with van der Waals surface area (Å²) in [6.45, 7) is 0. The minimum absolute atomic E-state index is 0.805. The third kappa shape index (κ3) is 1.47. The lowest BCUT2D eigenvalue weighted by atomic mass is 10.4. The van der Waals surface area contributed by atoms with Crippen LogP contribution in [0.4, 0.5) is 0 Å². The summed E-state index contributed by atoms with van der Waals surface area (Å²) in [4.78, 5) is 0. The Labute approximate surface area is 43.5 Å². The van der Waals surface area contributed by atoms with Crippen LogP contribution in [-0.2, 0) is 0 Å². The molecule has 2 N–H and O–H groups in total. The van der Waals surface area contributed by atoms with Crippen LogP contribution >= 0.6 is 0 Å². The maximum atomic E-state index is 5.04. The second-order valence-electron chi connectivity index (χ2n) is 1.84. The molecule has 0 aliphatic heterocycles. The van der Waals surface area contributed by atoms with Crippen LogP contribution in [0, 0.1) is 5.92 Å². The molecule has 0 aromatic rings. The van der Waals surface area contributed by atoms with E-state index in [1.165, 1.54) is 19.0 Å². The Morgan fingerprint density at radius 3 is 2.71 bits per heavy atom. The molecule has 1 fully saturated rings. The third-order valence-electron chi connectivity index (χ3n) is 1.05. The molecule has 0 radical (unpaired) electrons. The fraction of sp³-hybridized carbons (Fsp3) is 0.500. The van der Waals surface area contributed by atoms with Gasteiger partial charge >= 0.3 is 0 Å². The lowest BCUT2D eigenvalue weighted by molar-refractivity contribution is 1.13. The molecule has 1 heteroatoms. The average molecular weight is 95.1 g/mol. The van der Waals surface area contributed by atoms with Crippen LogP contribution in [0.25, 0.3) is 0 Å². The van der Waals surface area contributed by atoms with Crippen molar-refractivity contribution >= 4 is 0 Å². The minimum atomic E-state index is 0.805. The molecule has 1 rings (SSSR count). The molecule has 7 heavy (non-hydrogen) atoms. The highest BCUT2D eigenvalue weighted by molar-refractivity contribution is 4.94. The van der Waals surface area contributed by atoms with Crippen molar-refractivity contribution in [2.24, 2.45) is 11.7 Å². The molecule has 0 amide bonds. The van der Waals surface area contributed by atoms with Gasteiger partial charge in [0.15, 0.2) is 0 Å². The van der Waals surface area contributed by atoms with E-state index in [9.17, 15) is 0 Å². The van der Waals surface area contributed by atoms with Gasteiger partial charge in [0.25, 0.3) is 0 Å². The molecule has 1 aliphatic rings. The van der Waals surface area contributed by atoms with Crippen LogP contribution in [0.1, 0.15) is 12.8 Å². The first kappa shape index (κ1) is 4.48. The van der Waals surface area contributed by atoms with Crippen LogP contribution in [0.2, 0.25) is 0 Å². The Hall–Kier alpha value is -0.680. The van der Waals surface area contributed by atoms with Crippen molar-refractivity contribution in [2.75, 3.05) is 0 Å². The van der Waals surface area contributed by atoms with Gasteiger partial charge in [-0.3, -0.25) is 0 Å². The molecule has 0 atom stereocenters. The van der Waals surface area contributed by atoms with Crippen molar-refractivity contribution in [2.45, 2.75) is 12.8 Å². The SMILES string of the molecule is NC=C=CC1CC1. The van der Waals surface area contributed by atoms with E-state index in [-0.39, 0.29) is 0 Å². The topological polar surface area (TPSA) is 26.0 Å². The number of hydrogen-bond donors (Lipinski definition) is 1. The Balaban J connectivity index is 2.30. The molecule has 0 spiro atoms. The first-order valence-corrected chi connectivity index (χ1v) is 2.56. The Morgan fingerprint density at radius 1 is 1.57 bits per heavy atom. The molecule has 0 bridgehead atoms. The smallest absolute Gasteiger partial charge is 0.0368 e. The maximum Gasteiger partial charge on any atom is 0.0368 e. The van der Waals surface area contributed by atoms with Crippen LogP contribution < -0.4 is 5.73 Å². The van der Waals surface area contributed by atoms with E-state index in [4.69, 9.17) is 5.73 Å². The predicted molar refractivity (Wildman–Crippen MR) is 29.6 cm³/mol. The van der Waals surface area contributed by atoms with Crippen molar-refractivity contribution < 1.29 is 0 Å². The van der Waals surface area contributed by atoms with E-state index >= 15 is 0 Å². The number of rotatable bonds is 1. The van der Waals surface area contributed by atoms with Gasteiger partial charge in [-0.25, -0.2) is 0 Å². The summed E-state index contributed by atoms with van der Waals surface area (Å²) in [5.74, 6) is 0.805. The fourth-order valence-corrected chi connectivity index (χ4v) is 0.455. The molecule has 0 heterocycles. The Morgan fingerprint density at radius 2 is 2.29 bits per heavy atom. The highest BCUT2D eigenvalue weighted by Gasteiger charge is 2.16. The largest absolute Gasteiger partial charge is 0.398 e. The third-order valence-corrected chi connectivity index (χ3v) is 1.05.